The normalized spacial score (nSPS) is 39.1. The van der Waals surface area contributed by atoms with E-state index in [1.54, 1.807) is 0 Å². The van der Waals surface area contributed by atoms with Crippen LogP contribution >= 0.6 is 22.6 Å². The highest BCUT2D eigenvalue weighted by Crippen LogP contribution is 2.39. The molecular formula is C8H13BIN. The van der Waals surface area contributed by atoms with Crippen molar-refractivity contribution in [2.45, 2.75) is 41.3 Å². The second-order valence-corrected chi connectivity index (χ2v) is 5.46. The number of hydrogen-bond donors (Lipinski definition) is 0. The maximum Gasteiger partial charge on any atom is 0.127 e. The summed E-state index contributed by atoms with van der Waals surface area (Å²) in [5.41, 5.74) is 0. The van der Waals surface area contributed by atoms with Crippen LogP contribution in [0.25, 0.3) is 0 Å². The van der Waals surface area contributed by atoms with Crippen molar-refractivity contribution >= 4 is 30.4 Å². The summed E-state index contributed by atoms with van der Waals surface area (Å²) in [5, 5.41) is 8.90. The maximum absolute atomic E-state index is 8.91. The molecule has 1 fully saturated rings. The highest BCUT2D eigenvalue weighted by molar-refractivity contribution is 14.1. The van der Waals surface area contributed by atoms with Crippen molar-refractivity contribution in [3.8, 4) is 6.07 Å². The summed E-state index contributed by atoms with van der Waals surface area (Å²) in [6.07, 6.45) is 5.96. The van der Waals surface area contributed by atoms with E-state index >= 15 is 0 Å². The Morgan fingerprint density at radius 3 is 2.82 bits per heavy atom. The average molecular weight is 261 g/mol. The molecule has 60 valence electrons. The fourth-order valence-electron chi connectivity index (χ4n) is 1.57. The van der Waals surface area contributed by atoms with Gasteiger partial charge in [-0.05, 0) is 25.7 Å². The molecule has 0 heterocycles. The van der Waals surface area contributed by atoms with Gasteiger partial charge in [0.1, 0.15) is 7.85 Å². The monoisotopic (exact) mass is 261 g/mol. The standard InChI is InChI=1S/C8H13BIN/c9-8(6-11)4-1-2-7(10)3-5-8/h7H,1-5,9H2. The lowest BCUT2D eigenvalue weighted by molar-refractivity contribution is 0.595. The van der Waals surface area contributed by atoms with Crippen LogP contribution in [-0.4, -0.2) is 11.8 Å². The van der Waals surface area contributed by atoms with Gasteiger partial charge in [-0.25, -0.2) is 0 Å². The van der Waals surface area contributed by atoms with Gasteiger partial charge in [0, 0.05) is 9.24 Å². The Morgan fingerprint density at radius 1 is 1.45 bits per heavy atom. The summed E-state index contributed by atoms with van der Waals surface area (Å²) < 4.78 is 0.808. The molecule has 0 aromatic rings. The first kappa shape index (κ1) is 9.37. The molecule has 0 amide bonds. The zero-order valence-corrected chi connectivity index (χ0v) is 9.10. The molecule has 2 unspecified atom stereocenters. The number of rotatable bonds is 0. The smallest absolute Gasteiger partial charge is 0.127 e. The lowest BCUT2D eigenvalue weighted by Gasteiger charge is -2.17. The van der Waals surface area contributed by atoms with E-state index in [2.05, 4.69) is 36.5 Å². The molecule has 2 atom stereocenters. The van der Waals surface area contributed by atoms with Gasteiger partial charge in [-0.1, -0.05) is 29.0 Å². The minimum Gasteiger partial charge on any atom is -0.199 e. The highest BCUT2D eigenvalue weighted by Gasteiger charge is 2.27. The van der Waals surface area contributed by atoms with Crippen LogP contribution in [-0.2, 0) is 0 Å². The Bertz CT molecular complexity index is 177. The van der Waals surface area contributed by atoms with Crippen LogP contribution in [0.2, 0.25) is 5.31 Å². The van der Waals surface area contributed by atoms with Crippen molar-refractivity contribution in [2.24, 2.45) is 0 Å². The van der Waals surface area contributed by atoms with E-state index in [1.807, 2.05) is 0 Å². The summed E-state index contributed by atoms with van der Waals surface area (Å²) in [6.45, 7) is 0. The van der Waals surface area contributed by atoms with Gasteiger partial charge in [0.05, 0.1) is 6.07 Å². The summed E-state index contributed by atoms with van der Waals surface area (Å²) in [5.74, 6) is 0. The molecule has 1 rings (SSSR count). The summed E-state index contributed by atoms with van der Waals surface area (Å²) in [6, 6.07) is 2.44. The maximum atomic E-state index is 8.91. The van der Waals surface area contributed by atoms with Gasteiger partial charge >= 0.3 is 0 Å². The summed E-state index contributed by atoms with van der Waals surface area (Å²) in [7, 11) is 2.10. The van der Waals surface area contributed by atoms with Crippen LogP contribution in [0, 0.1) is 11.3 Å². The largest absolute Gasteiger partial charge is 0.199 e. The van der Waals surface area contributed by atoms with Crippen molar-refractivity contribution in [3.63, 3.8) is 0 Å². The Labute approximate surface area is 83.1 Å². The van der Waals surface area contributed by atoms with Crippen LogP contribution in [0.15, 0.2) is 0 Å². The lowest BCUT2D eigenvalue weighted by atomic mass is 9.65. The van der Waals surface area contributed by atoms with Crippen LogP contribution in [0.5, 0.6) is 0 Å². The van der Waals surface area contributed by atoms with Crippen molar-refractivity contribution in [2.75, 3.05) is 0 Å². The highest BCUT2D eigenvalue weighted by atomic mass is 127. The third-order valence-corrected chi connectivity index (χ3v) is 3.77. The van der Waals surface area contributed by atoms with Gasteiger partial charge < -0.3 is 0 Å². The third-order valence-electron chi connectivity index (χ3n) is 2.53. The second kappa shape index (κ2) is 3.80. The zero-order valence-electron chi connectivity index (χ0n) is 6.94. The first-order chi connectivity index (χ1) is 5.16. The van der Waals surface area contributed by atoms with E-state index in [9.17, 15) is 0 Å². The third kappa shape index (κ3) is 2.66. The Kier molecular flexibility index (Phi) is 3.23. The Balaban J connectivity index is 2.54. The number of nitrogens with zero attached hydrogens (tertiary/aromatic N) is 1. The number of halogens is 1. The van der Waals surface area contributed by atoms with Crippen LogP contribution in [0.3, 0.4) is 0 Å². The average Bonchev–Trinajstić information content (AvgIpc) is 2.15. The zero-order chi connectivity index (χ0) is 8.32. The van der Waals surface area contributed by atoms with E-state index in [4.69, 9.17) is 5.26 Å². The van der Waals surface area contributed by atoms with Gasteiger partial charge in [0.25, 0.3) is 0 Å². The van der Waals surface area contributed by atoms with E-state index in [1.165, 1.54) is 19.3 Å². The molecule has 11 heavy (non-hydrogen) atoms. The lowest BCUT2D eigenvalue weighted by Crippen LogP contribution is -2.08. The van der Waals surface area contributed by atoms with Crippen molar-refractivity contribution in [1.29, 1.82) is 5.26 Å². The molecule has 0 bridgehead atoms. The first-order valence-corrected chi connectivity index (χ1v) is 5.46. The summed E-state index contributed by atoms with van der Waals surface area (Å²) >= 11 is 2.51. The second-order valence-electron chi connectivity index (χ2n) is 3.70. The number of alkyl halides is 1. The van der Waals surface area contributed by atoms with Gasteiger partial charge in [0.2, 0.25) is 0 Å². The van der Waals surface area contributed by atoms with Crippen LogP contribution in [0.1, 0.15) is 32.1 Å². The van der Waals surface area contributed by atoms with E-state index in [0.29, 0.717) is 0 Å². The molecule has 0 aliphatic heterocycles. The molecule has 0 saturated heterocycles. The van der Waals surface area contributed by atoms with Crippen LogP contribution < -0.4 is 0 Å². The van der Waals surface area contributed by atoms with Crippen molar-refractivity contribution < 1.29 is 0 Å². The first-order valence-electron chi connectivity index (χ1n) is 4.22. The number of nitriles is 1. The van der Waals surface area contributed by atoms with E-state index in [0.717, 1.165) is 16.8 Å². The molecule has 1 nitrogen and oxygen atoms in total. The Hall–Kier alpha value is 0.285. The molecule has 3 heteroatoms. The molecule has 0 radical (unpaired) electrons. The van der Waals surface area contributed by atoms with Gasteiger partial charge in [0.15, 0.2) is 0 Å². The van der Waals surface area contributed by atoms with Crippen molar-refractivity contribution in [1.82, 2.24) is 0 Å². The minimum atomic E-state index is -0.0140. The van der Waals surface area contributed by atoms with E-state index in [-0.39, 0.29) is 5.31 Å². The molecule has 1 saturated carbocycles. The molecule has 1 aliphatic carbocycles. The predicted molar refractivity (Wildman–Crippen MR) is 57.7 cm³/mol. The molecule has 0 aromatic carbocycles. The fourth-order valence-corrected chi connectivity index (χ4v) is 2.32. The topological polar surface area (TPSA) is 23.8 Å². The molecule has 0 N–H and O–H groups in total. The quantitative estimate of drug-likeness (QED) is 0.283. The number of hydrogen-bond acceptors (Lipinski definition) is 1. The minimum absolute atomic E-state index is 0.0140. The molecule has 0 aromatic heterocycles. The van der Waals surface area contributed by atoms with Gasteiger partial charge in [-0.15, -0.1) is 0 Å². The molecular weight excluding hydrogens is 248 g/mol. The van der Waals surface area contributed by atoms with Crippen LogP contribution in [0.4, 0.5) is 0 Å². The fraction of sp³-hybridized carbons (Fsp3) is 0.875. The predicted octanol–water partition coefficient (Wildman–Crippen LogP) is 2.07. The van der Waals surface area contributed by atoms with Gasteiger partial charge in [-0.2, -0.15) is 5.26 Å². The van der Waals surface area contributed by atoms with Crippen molar-refractivity contribution in [3.05, 3.63) is 0 Å². The SMILES string of the molecule is BC1(C#N)CCCC(I)CC1. The molecule has 1 aliphatic rings. The Morgan fingerprint density at radius 2 is 2.18 bits per heavy atom. The van der Waals surface area contributed by atoms with Gasteiger partial charge in [-0.3, -0.25) is 0 Å². The summed E-state index contributed by atoms with van der Waals surface area (Å²) in [4.78, 5) is 0. The molecule has 0 spiro atoms. The van der Waals surface area contributed by atoms with E-state index < -0.39 is 0 Å².